The molecule has 1 heterocycles. The van der Waals surface area contributed by atoms with E-state index in [2.05, 4.69) is 4.98 Å². The Labute approximate surface area is 124 Å². The number of nitrogens with one attached hydrogen (secondary N) is 1. The molecule has 3 rings (SSSR count). The second kappa shape index (κ2) is 4.81. The summed E-state index contributed by atoms with van der Waals surface area (Å²) in [7, 11) is 0. The van der Waals surface area contributed by atoms with E-state index in [4.69, 9.17) is 11.6 Å². The van der Waals surface area contributed by atoms with Crippen molar-refractivity contribution in [3.05, 3.63) is 58.7 Å². The van der Waals surface area contributed by atoms with Gasteiger partial charge in [0.25, 0.3) is 0 Å². The van der Waals surface area contributed by atoms with Crippen molar-refractivity contribution in [1.82, 2.24) is 4.98 Å². The first kappa shape index (κ1) is 14.0. The van der Waals surface area contributed by atoms with Gasteiger partial charge in [-0.2, -0.15) is 13.2 Å². The van der Waals surface area contributed by atoms with E-state index in [0.717, 1.165) is 6.07 Å². The summed E-state index contributed by atoms with van der Waals surface area (Å²) in [6.45, 7) is 1.77. The van der Waals surface area contributed by atoms with Crippen LogP contribution < -0.4 is 0 Å². The van der Waals surface area contributed by atoms with Crippen molar-refractivity contribution in [3.8, 4) is 11.1 Å². The van der Waals surface area contributed by atoms with Gasteiger partial charge in [-0.15, -0.1) is 0 Å². The summed E-state index contributed by atoms with van der Waals surface area (Å²) in [4.78, 5) is 3.02. The van der Waals surface area contributed by atoms with Crippen LogP contribution in [0.15, 0.2) is 42.5 Å². The maximum absolute atomic E-state index is 13.3. The molecular formula is C16H11ClF3N. The van der Waals surface area contributed by atoms with Gasteiger partial charge in [0.15, 0.2) is 0 Å². The number of hydrogen-bond donors (Lipinski definition) is 1. The highest BCUT2D eigenvalue weighted by Gasteiger charge is 2.34. The van der Waals surface area contributed by atoms with Crippen LogP contribution in [0.4, 0.5) is 13.2 Å². The van der Waals surface area contributed by atoms with Crippen molar-refractivity contribution in [2.75, 3.05) is 0 Å². The molecule has 0 bridgehead atoms. The summed E-state index contributed by atoms with van der Waals surface area (Å²) in [5.41, 5.74) is 1.82. The summed E-state index contributed by atoms with van der Waals surface area (Å²) in [5.74, 6) is 0. The lowest BCUT2D eigenvalue weighted by Gasteiger charge is -2.10. The number of benzene rings is 2. The Bertz CT molecular complexity index is 801. The topological polar surface area (TPSA) is 15.8 Å². The van der Waals surface area contributed by atoms with Gasteiger partial charge in [0, 0.05) is 27.2 Å². The number of aromatic amines is 1. The first-order chi connectivity index (χ1) is 9.88. The highest BCUT2D eigenvalue weighted by atomic mass is 35.5. The lowest BCUT2D eigenvalue weighted by molar-refractivity contribution is -0.136. The molecule has 0 aliphatic carbocycles. The number of alkyl halides is 3. The molecule has 0 aliphatic rings. The lowest BCUT2D eigenvalue weighted by Crippen LogP contribution is -2.05. The molecule has 1 N–H and O–H groups in total. The second-order valence-electron chi connectivity index (χ2n) is 4.86. The van der Waals surface area contributed by atoms with Crippen LogP contribution in [0.5, 0.6) is 0 Å². The Kier molecular flexibility index (Phi) is 3.21. The van der Waals surface area contributed by atoms with Crippen LogP contribution in [0, 0.1) is 6.92 Å². The van der Waals surface area contributed by atoms with E-state index in [1.165, 1.54) is 6.07 Å². The molecule has 1 aromatic heterocycles. The molecule has 0 atom stereocenters. The Morgan fingerprint density at radius 3 is 2.29 bits per heavy atom. The first-order valence-corrected chi connectivity index (χ1v) is 6.70. The fraction of sp³-hybridized carbons (Fsp3) is 0.125. The zero-order valence-corrected chi connectivity index (χ0v) is 11.8. The average Bonchev–Trinajstić information content (AvgIpc) is 2.74. The first-order valence-electron chi connectivity index (χ1n) is 6.32. The van der Waals surface area contributed by atoms with Crippen molar-refractivity contribution in [2.24, 2.45) is 0 Å². The standard InChI is InChI=1S/C16H11ClF3N/c1-9-14(10-5-7-11(17)8-6-10)15-12(16(18,19)20)3-2-4-13(15)21-9/h2-8,21H,1H3. The van der Waals surface area contributed by atoms with E-state index in [0.29, 0.717) is 27.4 Å². The zero-order valence-electron chi connectivity index (χ0n) is 11.1. The average molecular weight is 310 g/mol. The zero-order chi connectivity index (χ0) is 15.2. The minimum absolute atomic E-state index is 0.199. The Morgan fingerprint density at radius 1 is 1.00 bits per heavy atom. The van der Waals surface area contributed by atoms with Crippen molar-refractivity contribution >= 4 is 22.5 Å². The number of fused-ring (bicyclic) bond motifs is 1. The molecule has 0 spiro atoms. The molecule has 1 nitrogen and oxygen atoms in total. The molecule has 0 saturated heterocycles. The summed E-state index contributed by atoms with van der Waals surface area (Å²) >= 11 is 5.85. The third kappa shape index (κ3) is 2.40. The highest BCUT2D eigenvalue weighted by molar-refractivity contribution is 6.30. The third-order valence-electron chi connectivity index (χ3n) is 3.45. The van der Waals surface area contributed by atoms with Gasteiger partial charge in [-0.25, -0.2) is 0 Å². The predicted octanol–water partition coefficient (Wildman–Crippen LogP) is 5.82. The van der Waals surface area contributed by atoms with Crippen LogP contribution in [0.1, 0.15) is 11.3 Å². The van der Waals surface area contributed by atoms with E-state index in [1.807, 2.05) is 0 Å². The molecule has 0 saturated carbocycles. The largest absolute Gasteiger partial charge is 0.417 e. The van der Waals surface area contributed by atoms with Gasteiger partial charge in [0.1, 0.15) is 0 Å². The number of halogens is 4. The van der Waals surface area contributed by atoms with Crippen LogP contribution >= 0.6 is 11.6 Å². The van der Waals surface area contributed by atoms with Crippen molar-refractivity contribution in [1.29, 1.82) is 0 Å². The number of aromatic nitrogens is 1. The highest BCUT2D eigenvalue weighted by Crippen LogP contribution is 2.41. The maximum atomic E-state index is 13.3. The Morgan fingerprint density at radius 2 is 1.67 bits per heavy atom. The van der Waals surface area contributed by atoms with Gasteiger partial charge >= 0.3 is 6.18 Å². The van der Waals surface area contributed by atoms with Crippen LogP contribution in [-0.2, 0) is 6.18 Å². The smallest absolute Gasteiger partial charge is 0.358 e. The Balaban J connectivity index is 2.37. The van der Waals surface area contributed by atoms with E-state index >= 15 is 0 Å². The maximum Gasteiger partial charge on any atom is 0.417 e. The number of hydrogen-bond acceptors (Lipinski definition) is 0. The van der Waals surface area contributed by atoms with Gasteiger partial charge < -0.3 is 4.98 Å². The summed E-state index contributed by atoms with van der Waals surface area (Å²) in [5, 5.41) is 0.747. The molecular weight excluding hydrogens is 299 g/mol. The molecule has 3 aromatic rings. The minimum atomic E-state index is -4.39. The molecule has 0 radical (unpaired) electrons. The van der Waals surface area contributed by atoms with Crippen LogP contribution in [0.25, 0.3) is 22.0 Å². The SMILES string of the molecule is Cc1[nH]c2cccc(C(F)(F)F)c2c1-c1ccc(Cl)cc1. The molecule has 5 heteroatoms. The molecule has 0 fully saturated rings. The van der Waals surface area contributed by atoms with Crippen molar-refractivity contribution < 1.29 is 13.2 Å². The second-order valence-corrected chi connectivity index (χ2v) is 5.29. The predicted molar refractivity (Wildman–Crippen MR) is 78.5 cm³/mol. The normalized spacial score (nSPS) is 12.0. The monoisotopic (exact) mass is 309 g/mol. The van der Waals surface area contributed by atoms with E-state index in [9.17, 15) is 13.2 Å². The molecule has 0 aliphatic heterocycles. The summed E-state index contributed by atoms with van der Waals surface area (Å²) in [6, 6.07) is 11.0. The number of rotatable bonds is 1. The van der Waals surface area contributed by atoms with E-state index in [1.54, 1.807) is 37.3 Å². The van der Waals surface area contributed by atoms with Crippen LogP contribution in [0.2, 0.25) is 5.02 Å². The Hall–Kier alpha value is -1.94. The molecule has 2 aromatic carbocycles. The number of H-pyrrole nitrogens is 1. The molecule has 0 unspecified atom stereocenters. The summed E-state index contributed by atoms with van der Waals surface area (Å²) < 4.78 is 39.8. The molecule has 108 valence electrons. The fourth-order valence-electron chi connectivity index (χ4n) is 2.59. The summed E-state index contributed by atoms with van der Waals surface area (Å²) in [6.07, 6.45) is -4.39. The van der Waals surface area contributed by atoms with Gasteiger partial charge in [-0.05, 0) is 36.8 Å². The third-order valence-corrected chi connectivity index (χ3v) is 3.70. The van der Waals surface area contributed by atoms with Crippen LogP contribution in [-0.4, -0.2) is 4.98 Å². The van der Waals surface area contributed by atoms with Crippen LogP contribution in [0.3, 0.4) is 0 Å². The molecule has 21 heavy (non-hydrogen) atoms. The van der Waals surface area contributed by atoms with Gasteiger partial charge in [-0.3, -0.25) is 0 Å². The fourth-order valence-corrected chi connectivity index (χ4v) is 2.72. The quantitative estimate of drug-likeness (QED) is 0.583. The molecule has 0 amide bonds. The van der Waals surface area contributed by atoms with Gasteiger partial charge in [0.2, 0.25) is 0 Å². The van der Waals surface area contributed by atoms with Crippen molar-refractivity contribution in [2.45, 2.75) is 13.1 Å². The van der Waals surface area contributed by atoms with Gasteiger partial charge in [-0.1, -0.05) is 29.8 Å². The van der Waals surface area contributed by atoms with Gasteiger partial charge in [0.05, 0.1) is 5.56 Å². The van der Waals surface area contributed by atoms with E-state index in [-0.39, 0.29) is 5.39 Å². The lowest BCUT2D eigenvalue weighted by atomic mass is 9.98. The number of aryl methyl sites for hydroxylation is 1. The van der Waals surface area contributed by atoms with Crippen molar-refractivity contribution in [3.63, 3.8) is 0 Å². The van der Waals surface area contributed by atoms with E-state index < -0.39 is 11.7 Å². The minimum Gasteiger partial charge on any atom is -0.358 e.